The zero-order valence-corrected chi connectivity index (χ0v) is 13.2. The third kappa shape index (κ3) is 2.62. The molecule has 0 saturated heterocycles. The molecule has 1 amide bonds. The Labute approximate surface area is 130 Å². The molecule has 1 fully saturated rings. The van der Waals surface area contributed by atoms with Crippen molar-refractivity contribution in [1.82, 2.24) is 14.5 Å². The third-order valence-electron chi connectivity index (χ3n) is 4.94. The molecule has 1 saturated carbocycles. The van der Waals surface area contributed by atoms with Crippen LogP contribution in [0.3, 0.4) is 0 Å². The van der Waals surface area contributed by atoms with Crippen LogP contribution < -0.4 is 0 Å². The fourth-order valence-electron chi connectivity index (χ4n) is 3.60. The van der Waals surface area contributed by atoms with Crippen LogP contribution in [0.2, 0.25) is 0 Å². The highest BCUT2D eigenvalue weighted by Crippen LogP contribution is 2.30. The molecule has 3 rings (SSSR count). The van der Waals surface area contributed by atoms with Crippen molar-refractivity contribution < 1.29 is 14.3 Å². The predicted molar refractivity (Wildman–Crippen MR) is 79.8 cm³/mol. The van der Waals surface area contributed by atoms with Crippen molar-refractivity contribution in [2.24, 2.45) is 13.0 Å². The van der Waals surface area contributed by atoms with Crippen LogP contribution >= 0.6 is 0 Å². The average molecular weight is 305 g/mol. The molecule has 120 valence electrons. The van der Waals surface area contributed by atoms with Crippen LogP contribution in [-0.2, 0) is 34.3 Å². The summed E-state index contributed by atoms with van der Waals surface area (Å²) in [5.74, 6) is -0.196. The summed E-state index contributed by atoms with van der Waals surface area (Å²) in [6.07, 6.45) is 7.46. The van der Waals surface area contributed by atoms with Gasteiger partial charge < -0.3 is 14.2 Å². The largest absolute Gasteiger partial charge is 0.467 e. The SMILES string of the molecule is COC(=O)[C@@H]1Cc2ncn(C)c2CN1C(=O)C1CCCCC1. The second-order valence-corrected chi connectivity index (χ2v) is 6.29. The molecule has 1 aliphatic heterocycles. The Hall–Kier alpha value is -1.85. The van der Waals surface area contributed by atoms with Gasteiger partial charge >= 0.3 is 5.97 Å². The summed E-state index contributed by atoms with van der Waals surface area (Å²) < 4.78 is 6.85. The second kappa shape index (κ2) is 6.10. The number of carbonyl (C=O) groups is 2. The van der Waals surface area contributed by atoms with Crippen molar-refractivity contribution >= 4 is 11.9 Å². The number of nitrogens with zero attached hydrogens (tertiary/aromatic N) is 3. The molecule has 0 radical (unpaired) electrons. The van der Waals surface area contributed by atoms with E-state index in [4.69, 9.17) is 4.74 Å². The Morgan fingerprint density at radius 2 is 2.00 bits per heavy atom. The molecule has 0 N–H and O–H groups in total. The number of methoxy groups -OCH3 is 1. The normalized spacial score (nSPS) is 22.3. The van der Waals surface area contributed by atoms with Crippen LogP contribution in [0.5, 0.6) is 0 Å². The lowest BCUT2D eigenvalue weighted by Crippen LogP contribution is -2.51. The molecule has 1 aromatic rings. The fourth-order valence-corrected chi connectivity index (χ4v) is 3.60. The van der Waals surface area contributed by atoms with Crippen LogP contribution in [0.15, 0.2) is 6.33 Å². The van der Waals surface area contributed by atoms with E-state index in [0.29, 0.717) is 13.0 Å². The molecule has 2 heterocycles. The Morgan fingerprint density at radius 1 is 1.27 bits per heavy atom. The zero-order valence-electron chi connectivity index (χ0n) is 13.2. The van der Waals surface area contributed by atoms with Gasteiger partial charge in [0.25, 0.3) is 0 Å². The van der Waals surface area contributed by atoms with Gasteiger partial charge in [-0.15, -0.1) is 0 Å². The summed E-state index contributed by atoms with van der Waals surface area (Å²) in [6, 6.07) is -0.540. The first-order chi connectivity index (χ1) is 10.6. The van der Waals surface area contributed by atoms with Gasteiger partial charge in [-0.25, -0.2) is 9.78 Å². The second-order valence-electron chi connectivity index (χ2n) is 6.29. The number of esters is 1. The minimum atomic E-state index is -0.540. The molecule has 22 heavy (non-hydrogen) atoms. The van der Waals surface area contributed by atoms with Gasteiger partial charge in [-0.1, -0.05) is 19.3 Å². The van der Waals surface area contributed by atoms with Crippen molar-refractivity contribution in [1.29, 1.82) is 0 Å². The number of hydrogen-bond acceptors (Lipinski definition) is 4. The summed E-state index contributed by atoms with van der Waals surface area (Å²) in [5, 5.41) is 0. The Bertz CT molecular complexity index is 575. The van der Waals surface area contributed by atoms with Crippen LogP contribution in [0.4, 0.5) is 0 Å². The molecular weight excluding hydrogens is 282 g/mol. The van der Waals surface area contributed by atoms with Crippen LogP contribution in [-0.4, -0.2) is 39.5 Å². The number of ether oxygens (including phenoxy) is 1. The first-order valence-electron chi connectivity index (χ1n) is 7.99. The zero-order chi connectivity index (χ0) is 15.7. The molecule has 0 aromatic carbocycles. The number of imidazole rings is 1. The van der Waals surface area contributed by atoms with Gasteiger partial charge in [0, 0.05) is 19.4 Å². The maximum atomic E-state index is 12.9. The number of fused-ring (bicyclic) bond motifs is 1. The highest BCUT2D eigenvalue weighted by Gasteiger charge is 2.39. The lowest BCUT2D eigenvalue weighted by molar-refractivity contribution is -0.156. The van der Waals surface area contributed by atoms with E-state index in [0.717, 1.165) is 37.1 Å². The first kappa shape index (κ1) is 15.1. The first-order valence-corrected chi connectivity index (χ1v) is 7.99. The highest BCUT2D eigenvalue weighted by molar-refractivity contribution is 5.86. The summed E-state index contributed by atoms with van der Waals surface area (Å²) in [4.78, 5) is 31.1. The lowest BCUT2D eigenvalue weighted by Gasteiger charge is -2.36. The number of hydrogen-bond donors (Lipinski definition) is 0. The number of aryl methyl sites for hydroxylation is 1. The van der Waals surface area contributed by atoms with E-state index in [1.807, 2.05) is 11.6 Å². The van der Waals surface area contributed by atoms with E-state index in [1.54, 1.807) is 11.2 Å². The number of amides is 1. The Morgan fingerprint density at radius 3 is 2.68 bits per heavy atom. The topological polar surface area (TPSA) is 64.4 Å². The minimum absolute atomic E-state index is 0.0516. The molecule has 2 aliphatic rings. The van der Waals surface area contributed by atoms with Gasteiger partial charge in [0.2, 0.25) is 5.91 Å². The van der Waals surface area contributed by atoms with Crippen LogP contribution in [0.1, 0.15) is 43.5 Å². The van der Waals surface area contributed by atoms with Gasteiger partial charge in [-0.05, 0) is 12.8 Å². The van der Waals surface area contributed by atoms with E-state index < -0.39 is 6.04 Å². The number of rotatable bonds is 2. The number of carbonyl (C=O) groups excluding carboxylic acids is 2. The predicted octanol–water partition coefficient (Wildman–Crippen LogP) is 1.43. The van der Waals surface area contributed by atoms with Crippen LogP contribution in [0, 0.1) is 5.92 Å². The number of aromatic nitrogens is 2. The highest BCUT2D eigenvalue weighted by atomic mass is 16.5. The maximum absolute atomic E-state index is 12.9. The van der Waals surface area contributed by atoms with Crippen molar-refractivity contribution in [2.45, 2.75) is 51.1 Å². The summed E-state index contributed by atoms with van der Waals surface area (Å²) >= 11 is 0. The minimum Gasteiger partial charge on any atom is -0.467 e. The van der Waals surface area contributed by atoms with Gasteiger partial charge in [-0.3, -0.25) is 4.79 Å². The summed E-state index contributed by atoms with van der Waals surface area (Å²) in [7, 11) is 3.30. The average Bonchev–Trinajstić information content (AvgIpc) is 2.93. The molecule has 1 aliphatic carbocycles. The molecule has 0 spiro atoms. The molecule has 6 nitrogen and oxygen atoms in total. The van der Waals surface area contributed by atoms with E-state index in [1.165, 1.54) is 13.5 Å². The van der Waals surface area contributed by atoms with Crippen molar-refractivity contribution in [3.8, 4) is 0 Å². The molecule has 0 unspecified atom stereocenters. The van der Waals surface area contributed by atoms with Crippen molar-refractivity contribution in [2.75, 3.05) is 7.11 Å². The third-order valence-corrected chi connectivity index (χ3v) is 4.94. The summed E-state index contributed by atoms with van der Waals surface area (Å²) in [5.41, 5.74) is 1.91. The monoisotopic (exact) mass is 305 g/mol. The standard InChI is InChI=1S/C16H23N3O3/c1-18-10-17-12-8-13(16(21)22-2)19(9-14(12)18)15(20)11-6-4-3-5-7-11/h10-11,13H,3-9H2,1-2H3/t13-/m0/s1. The molecule has 0 bridgehead atoms. The van der Waals surface area contributed by atoms with E-state index >= 15 is 0 Å². The Balaban J connectivity index is 1.86. The van der Waals surface area contributed by atoms with E-state index in [9.17, 15) is 9.59 Å². The van der Waals surface area contributed by atoms with Crippen molar-refractivity contribution in [3.63, 3.8) is 0 Å². The molecule has 6 heteroatoms. The van der Waals surface area contributed by atoms with E-state index in [2.05, 4.69) is 4.98 Å². The van der Waals surface area contributed by atoms with E-state index in [-0.39, 0.29) is 17.8 Å². The van der Waals surface area contributed by atoms with Gasteiger partial charge in [0.1, 0.15) is 6.04 Å². The van der Waals surface area contributed by atoms with Gasteiger partial charge in [0.05, 0.1) is 31.4 Å². The van der Waals surface area contributed by atoms with Crippen molar-refractivity contribution in [3.05, 3.63) is 17.7 Å². The Kier molecular flexibility index (Phi) is 4.18. The van der Waals surface area contributed by atoms with Crippen LogP contribution in [0.25, 0.3) is 0 Å². The fraction of sp³-hybridized carbons (Fsp3) is 0.688. The van der Waals surface area contributed by atoms with Gasteiger partial charge in [0.15, 0.2) is 0 Å². The quantitative estimate of drug-likeness (QED) is 0.775. The molecule has 1 atom stereocenters. The summed E-state index contributed by atoms with van der Waals surface area (Å²) in [6.45, 7) is 0.445. The maximum Gasteiger partial charge on any atom is 0.329 e. The lowest BCUT2D eigenvalue weighted by atomic mass is 9.87. The smallest absolute Gasteiger partial charge is 0.329 e. The van der Waals surface area contributed by atoms with Gasteiger partial charge in [-0.2, -0.15) is 0 Å². The molecular formula is C16H23N3O3. The molecule has 1 aromatic heterocycles.